The van der Waals surface area contributed by atoms with Gasteiger partial charge >= 0.3 is 0 Å². The van der Waals surface area contributed by atoms with Gasteiger partial charge in [-0.15, -0.1) is 11.8 Å². The van der Waals surface area contributed by atoms with Crippen molar-refractivity contribution in [2.24, 2.45) is 0 Å². The Morgan fingerprint density at radius 2 is 1.94 bits per heavy atom. The fraction of sp³-hybridized carbons (Fsp3) is 0.0769. The molecular weight excluding hydrogens is 301 g/mol. The Hall–Kier alpha value is -1.00. The Balaban J connectivity index is 2.12. The Bertz CT molecular complexity index is 531. The minimum absolute atomic E-state index is 0.218. The predicted molar refractivity (Wildman–Crippen MR) is 74.5 cm³/mol. The van der Waals surface area contributed by atoms with E-state index >= 15 is 0 Å². The van der Waals surface area contributed by atoms with Gasteiger partial charge in [-0.05, 0) is 35.9 Å². The van der Waals surface area contributed by atoms with Crippen LogP contribution in [0.5, 0.6) is 0 Å². The highest BCUT2D eigenvalue weighted by atomic mass is 79.9. The topological polar surface area (TPSA) is 26.0 Å². The van der Waals surface area contributed by atoms with Crippen molar-refractivity contribution in [2.75, 3.05) is 5.73 Å². The lowest BCUT2D eigenvalue weighted by atomic mass is 10.2. The first-order valence-corrected chi connectivity index (χ1v) is 6.86. The summed E-state index contributed by atoms with van der Waals surface area (Å²) in [7, 11) is 0. The van der Waals surface area contributed by atoms with E-state index in [9.17, 15) is 4.39 Å². The van der Waals surface area contributed by atoms with Crippen LogP contribution < -0.4 is 5.73 Å². The van der Waals surface area contributed by atoms with Gasteiger partial charge < -0.3 is 5.73 Å². The number of anilines is 1. The molecule has 0 unspecified atom stereocenters. The molecule has 0 aliphatic rings. The number of nitrogens with two attached hydrogens (primary N) is 1. The molecule has 4 heteroatoms. The predicted octanol–water partition coefficient (Wildman–Crippen LogP) is 4.46. The van der Waals surface area contributed by atoms with E-state index in [4.69, 9.17) is 5.73 Å². The Morgan fingerprint density at radius 1 is 1.18 bits per heavy atom. The van der Waals surface area contributed by atoms with Gasteiger partial charge in [0.1, 0.15) is 5.82 Å². The molecule has 0 amide bonds. The molecule has 17 heavy (non-hydrogen) atoms. The molecule has 0 aromatic heterocycles. The van der Waals surface area contributed by atoms with Crippen LogP contribution in [0.4, 0.5) is 10.1 Å². The molecular formula is C13H11BrFNS. The van der Waals surface area contributed by atoms with Gasteiger partial charge in [-0.1, -0.05) is 28.1 Å². The minimum Gasteiger partial charge on any atom is -0.398 e. The summed E-state index contributed by atoms with van der Waals surface area (Å²) < 4.78 is 14.0. The number of rotatable bonds is 3. The highest BCUT2D eigenvalue weighted by molar-refractivity contribution is 9.10. The summed E-state index contributed by atoms with van der Waals surface area (Å²) in [5.41, 5.74) is 7.53. The first kappa shape index (κ1) is 12.5. The quantitative estimate of drug-likeness (QED) is 0.669. The lowest BCUT2D eigenvalue weighted by molar-refractivity contribution is 0.626. The zero-order valence-electron chi connectivity index (χ0n) is 8.99. The molecule has 2 aromatic rings. The minimum atomic E-state index is -0.218. The molecule has 0 saturated heterocycles. The zero-order chi connectivity index (χ0) is 12.3. The number of nitrogen functional groups attached to an aromatic ring is 1. The molecule has 2 N–H and O–H groups in total. The van der Waals surface area contributed by atoms with Crippen molar-refractivity contribution >= 4 is 33.4 Å². The molecule has 0 saturated carbocycles. The van der Waals surface area contributed by atoms with Crippen LogP contribution in [0.15, 0.2) is 51.8 Å². The van der Waals surface area contributed by atoms with E-state index in [1.165, 1.54) is 12.1 Å². The molecule has 0 fully saturated rings. The van der Waals surface area contributed by atoms with Crippen LogP contribution >= 0.6 is 27.7 Å². The smallest absolute Gasteiger partial charge is 0.123 e. The molecule has 0 heterocycles. The highest BCUT2D eigenvalue weighted by Crippen LogP contribution is 2.30. The average molecular weight is 312 g/mol. The van der Waals surface area contributed by atoms with Crippen LogP contribution in [0.1, 0.15) is 5.56 Å². The van der Waals surface area contributed by atoms with Crippen molar-refractivity contribution in [3.63, 3.8) is 0 Å². The summed E-state index contributed by atoms with van der Waals surface area (Å²) in [5, 5.41) is 0. The average Bonchev–Trinajstić information content (AvgIpc) is 2.32. The van der Waals surface area contributed by atoms with Gasteiger partial charge in [-0.2, -0.15) is 0 Å². The number of hydrogen-bond acceptors (Lipinski definition) is 2. The van der Waals surface area contributed by atoms with Gasteiger partial charge in [0, 0.05) is 20.8 Å². The van der Waals surface area contributed by atoms with E-state index in [2.05, 4.69) is 15.9 Å². The molecule has 0 aliphatic heterocycles. The Labute approximate surface area is 112 Å². The third-order valence-corrected chi connectivity index (χ3v) is 4.22. The molecule has 88 valence electrons. The Morgan fingerprint density at radius 3 is 2.71 bits per heavy atom. The van der Waals surface area contributed by atoms with Gasteiger partial charge in [-0.25, -0.2) is 4.39 Å². The fourth-order valence-electron chi connectivity index (χ4n) is 1.42. The second kappa shape index (κ2) is 5.56. The molecule has 0 bridgehead atoms. The SMILES string of the molecule is Nc1ccccc1SCc1cc(F)ccc1Br. The van der Waals surface area contributed by atoms with Crippen LogP contribution in [-0.2, 0) is 5.75 Å². The van der Waals surface area contributed by atoms with Gasteiger partial charge in [0.25, 0.3) is 0 Å². The summed E-state index contributed by atoms with van der Waals surface area (Å²) in [6.45, 7) is 0. The summed E-state index contributed by atoms with van der Waals surface area (Å²) in [6.07, 6.45) is 0. The summed E-state index contributed by atoms with van der Waals surface area (Å²) in [5.74, 6) is 0.469. The van der Waals surface area contributed by atoms with E-state index in [0.29, 0.717) is 5.75 Å². The van der Waals surface area contributed by atoms with Crippen LogP contribution in [0.2, 0.25) is 0 Å². The molecule has 0 radical (unpaired) electrons. The lowest BCUT2D eigenvalue weighted by Gasteiger charge is -2.06. The molecule has 0 spiro atoms. The highest BCUT2D eigenvalue weighted by Gasteiger charge is 2.04. The van der Waals surface area contributed by atoms with Crippen LogP contribution in [0.3, 0.4) is 0 Å². The maximum Gasteiger partial charge on any atom is 0.123 e. The second-order valence-corrected chi connectivity index (χ2v) is 5.43. The van der Waals surface area contributed by atoms with Crippen molar-refractivity contribution in [2.45, 2.75) is 10.6 Å². The monoisotopic (exact) mass is 311 g/mol. The number of benzene rings is 2. The fourth-order valence-corrected chi connectivity index (χ4v) is 2.95. The lowest BCUT2D eigenvalue weighted by Crippen LogP contribution is -1.89. The molecule has 0 aliphatic carbocycles. The van der Waals surface area contributed by atoms with Gasteiger partial charge in [0.05, 0.1) is 0 Å². The first-order chi connectivity index (χ1) is 8.16. The number of halogens is 2. The van der Waals surface area contributed by atoms with Gasteiger partial charge in [-0.3, -0.25) is 0 Å². The maximum absolute atomic E-state index is 13.1. The Kier molecular flexibility index (Phi) is 4.07. The largest absolute Gasteiger partial charge is 0.398 e. The van der Waals surface area contributed by atoms with Crippen molar-refractivity contribution in [1.29, 1.82) is 0 Å². The van der Waals surface area contributed by atoms with E-state index in [-0.39, 0.29) is 5.82 Å². The van der Waals surface area contributed by atoms with E-state index in [1.807, 2.05) is 24.3 Å². The van der Waals surface area contributed by atoms with Gasteiger partial charge in [0.15, 0.2) is 0 Å². The third kappa shape index (κ3) is 3.23. The normalized spacial score (nSPS) is 10.5. The van der Waals surface area contributed by atoms with Crippen molar-refractivity contribution < 1.29 is 4.39 Å². The maximum atomic E-state index is 13.1. The van der Waals surface area contributed by atoms with E-state index < -0.39 is 0 Å². The summed E-state index contributed by atoms with van der Waals surface area (Å²) >= 11 is 5.01. The van der Waals surface area contributed by atoms with Gasteiger partial charge in [0.2, 0.25) is 0 Å². The second-order valence-electron chi connectivity index (χ2n) is 3.56. The zero-order valence-corrected chi connectivity index (χ0v) is 11.4. The van der Waals surface area contributed by atoms with Crippen LogP contribution in [0, 0.1) is 5.82 Å². The molecule has 1 nitrogen and oxygen atoms in total. The summed E-state index contributed by atoms with van der Waals surface area (Å²) in [4.78, 5) is 1.02. The molecule has 2 rings (SSSR count). The van der Waals surface area contributed by atoms with E-state index in [1.54, 1.807) is 17.8 Å². The number of thioether (sulfide) groups is 1. The summed E-state index contributed by atoms with van der Waals surface area (Å²) in [6, 6.07) is 12.4. The van der Waals surface area contributed by atoms with Crippen LogP contribution in [0.25, 0.3) is 0 Å². The van der Waals surface area contributed by atoms with Crippen LogP contribution in [-0.4, -0.2) is 0 Å². The standard InChI is InChI=1S/C13H11BrFNS/c14-11-6-5-10(15)7-9(11)8-17-13-4-2-1-3-12(13)16/h1-7H,8,16H2. The first-order valence-electron chi connectivity index (χ1n) is 5.08. The third-order valence-electron chi connectivity index (χ3n) is 2.31. The van der Waals surface area contributed by atoms with Crippen molar-refractivity contribution in [3.05, 3.63) is 58.3 Å². The van der Waals surface area contributed by atoms with E-state index in [0.717, 1.165) is 20.6 Å². The van der Waals surface area contributed by atoms with Crippen molar-refractivity contribution in [3.8, 4) is 0 Å². The molecule has 0 atom stereocenters. The number of para-hydroxylation sites is 1. The molecule has 2 aromatic carbocycles. The van der Waals surface area contributed by atoms with Crippen molar-refractivity contribution in [1.82, 2.24) is 0 Å². The number of hydrogen-bond donors (Lipinski definition) is 1.